The van der Waals surface area contributed by atoms with E-state index in [9.17, 15) is 0 Å². The van der Waals surface area contributed by atoms with Crippen molar-refractivity contribution < 1.29 is 0 Å². The van der Waals surface area contributed by atoms with Crippen molar-refractivity contribution in [2.24, 2.45) is 0 Å². The molecule has 1 aliphatic heterocycles. The summed E-state index contributed by atoms with van der Waals surface area (Å²) < 4.78 is 0. The molecule has 0 saturated carbocycles. The van der Waals surface area contributed by atoms with Crippen LogP contribution in [-0.4, -0.2) is 12.1 Å². The molecule has 1 aliphatic rings. The standard InChI is InChI=1S/C13H21N3.2C2H6/c1-8-9(2)16-13(3,4)10-6-5-7-11(14)12(10)15-8;2*1-2/h5-9,15-16H,14H2,1-4H3;2*1-2H3. The average Bonchev–Trinajstić information content (AvgIpc) is 2.52. The largest absolute Gasteiger partial charge is 0.397 e. The highest BCUT2D eigenvalue weighted by atomic mass is 15.1. The first-order valence-corrected chi connectivity index (χ1v) is 7.85. The SMILES string of the molecule is CC.CC.CC1Nc2c(N)cccc2C(C)(C)NC1C. The second-order valence-electron chi connectivity index (χ2n) is 5.26. The molecule has 3 nitrogen and oxygen atoms in total. The van der Waals surface area contributed by atoms with Crippen LogP contribution in [0.25, 0.3) is 0 Å². The van der Waals surface area contributed by atoms with Crippen LogP contribution in [0, 0.1) is 0 Å². The third kappa shape index (κ3) is 4.14. The van der Waals surface area contributed by atoms with Gasteiger partial charge in [0.2, 0.25) is 0 Å². The summed E-state index contributed by atoms with van der Waals surface area (Å²) in [5.74, 6) is 0. The average molecular weight is 279 g/mol. The molecule has 0 amide bonds. The first-order valence-electron chi connectivity index (χ1n) is 7.85. The molecule has 1 aromatic rings. The van der Waals surface area contributed by atoms with Gasteiger partial charge >= 0.3 is 0 Å². The fraction of sp³-hybridized carbons (Fsp3) is 0.647. The Hall–Kier alpha value is -1.22. The first-order chi connectivity index (χ1) is 9.42. The molecule has 0 radical (unpaired) electrons. The van der Waals surface area contributed by atoms with Crippen LogP contribution in [0.2, 0.25) is 0 Å². The van der Waals surface area contributed by atoms with E-state index < -0.39 is 0 Å². The zero-order valence-corrected chi connectivity index (χ0v) is 14.5. The summed E-state index contributed by atoms with van der Waals surface area (Å²) in [5.41, 5.74) is 9.14. The first kappa shape index (κ1) is 18.8. The second-order valence-corrected chi connectivity index (χ2v) is 5.26. The lowest BCUT2D eigenvalue weighted by atomic mass is 9.92. The van der Waals surface area contributed by atoms with Gasteiger partial charge < -0.3 is 16.4 Å². The number of anilines is 2. The summed E-state index contributed by atoms with van der Waals surface area (Å²) in [6.45, 7) is 16.8. The van der Waals surface area contributed by atoms with Crippen molar-refractivity contribution in [2.45, 2.75) is 73.0 Å². The molecule has 1 aromatic carbocycles. The molecule has 2 rings (SSSR count). The normalized spacial score (nSPS) is 22.8. The van der Waals surface area contributed by atoms with Crippen molar-refractivity contribution in [1.29, 1.82) is 0 Å². The topological polar surface area (TPSA) is 50.1 Å². The van der Waals surface area contributed by atoms with Crippen LogP contribution in [0.15, 0.2) is 18.2 Å². The molecule has 116 valence electrons. The monoisotopic (exact) mass is 279 g/mol. The summed E-state index contributed by atoms with van der Waals surface area (Å²) >= 11 is 0. The third-order valence-electron chi connectivity index (χ3n) is 3.48. The third-order valence-corrected chi connectivity index (χ3v) is 3.48. The molecule has 0 fully saturated rings. The molecule has 2 unspecified atom stereocenters. The number of benzene rings is 1. The summed E-state index contributed by atoms with van der Waals surface area (Å²) in [4.78, 5) is 0. The smallest absolute Gasteiger partial charge is 0.0627 e. The predicted octanol–water partition coefficient (Wildman–Crippen LogP) is 4.35. The highest BCUT2D eigenvalue weighted by Crippen LogP contribution is 2.35. The number of fused-ring (bicyclic) bond motifs is 1. The van der Waals surface area contributed by atoms with Crippen molar-refractivity contribution >= 4 is 11.4 Å². The lowest BCUT2D eigenvalue weighted by Crippen LogP contribution is -2.46. The number of rotatable bonds is 0. The molecule has 0 saturated heterocycles. The van der Waals surface area contributed by atoms with Gasteiger partial charge in [0.1, 0.15) is 0 Å². The van der Waals surface area contributed by atoms with E-state index in [0.29, 0.717) is 12.1 Å². The highest BCUT2D eigenvalue weighted by Gasteiger charge is 2.31. The van der Waals surface area contributed by atoms with E-state index in [1.54, 1.807) is 0 Å². The minimum atomic E-state index is -0.0537. The molecular formula is C17H33N3. The molecule has 0 bridgehead atoms. The van der Waals surface area contributed by atoms with Gasteiger partial charge in [-0.2, -0.15) is 0 Å². The fourth-order valence-corrected chi connectivity index (χ4v) is 2.38. The quantitative estimate of drug-likeness (QED) is 0.619. The zero-order chi connectivity index (χ0) is 15.9. The van der Waals surface area contributed by atoms with Gasteiger partial charge in [0.15, 0.2) is 0 Å². The number of nitrogens with one attached hydrogen (secondary N) is 2. The summed E-state index contributed by atoms with van der Waals surface area (Å²) in [7, 11) is 0. The minimum absolute atomic E-state index is 0.0537. The Labute approximate surface area is 125 Å². The predicted molar refractivity (Wildman–Crippen MR) is 92.3 cm³/mol. The van der Waals surface area contributed by atoms with E-state index in [2.05, 4.69) is 44.4 Å². The maximum Gasteiger partial charge on any atom is 0.0627 e. The lowest BCUT2D eigenvalue weighted by Gasteiger charge is -2.29. The van der Waals surface area contributed by atoms with Crippen molar-refractivity contribution in [3.05, 3.63) is 23.8 Å². The van der Waals surface area contributed by atoms with Crippen molar-refractivity contribution in [2.75, 3.05) is 11.1 Å². The van der Waals surface area contributed by atoms with Gasteiger partial charge in [0.05, 0.1) is 11.4 Å². The fourth-order valence-electron chi connectivity index (χ4n) is 2.38. The van der Waals surface area contributed by atoms with Crippen LogP contribution in [0.5, 0.6) is 0 Å². The van der Waals surface area contributed by atoms with Gasteiger partial charge in [-0.25, -0.2) is 0 Å². The summed E-state index contributed by atoms with van der Waals surface area (Å²) in [6.07, 6.45) is 0. The van der Waals surface area contributed by atoms with Crippen LogP contribution in [0.1, 0.15) is 61.0 Å². The summed E-state index contributed by atoms with van der Waals surface area (Å²) in [6, 6.07) is 6.87. The maximum absolute atomic E-state index is 6.05. The Bertz CT molecular complexity index is 399. The molecule has 20 heavy (non-hydrogen) atoms. The lowest BCUT2D eigenvalue weighted by molar-refractivity contribution is 0.347. The van der Waals surface area contributed by atoms with Gasteiger partial charge in [0.25, 0.3) is 0 Å². The van der Waals surface area contributed by atoms with Crippen LogP contribution in [0.3, 0.4) is 0 Å². The number of nitrogen functional groups attached to an aromatic ring is 1. The summed E-state index contributed by atoms with van der Waals surface area (Å²) in [5, 5.41) is 7.14. The van der Waals surface area contributed by atoms with E-state index >= 15 is 0 Å². The van der Waals surface area contributed by atoms with Crippen LogP contribution < -0.4 is 16.4 Å². The van der Waals surface area contributed by atoms with E-state index in [1.165, 1.54) is 5.56 Å². The molecule has 0 aliphatic carbocycles. The zero-order valence-electron chi connectivity index (χ0n) is 14.5. The van der Waals surface area contributed by atoms with Gasteiger partial charge in [-0.15, -0.1) is 0 Å². The number of para-hydroxylation sites is 1. The molecule has 4 N–H and O–H groups in total. The van der Waals surface area contributed by atoms with Crippen molar-refractivity contribution in [1.82, 2.24) is 5.32 Å². The van der Waals surface area contributed by atoms with Crippen LogP contribution in [0.4, 0.5) is 11.4 Å². The van der Waals surface area contributed by atoms with E-state index in [1.807, 2.05) is 39.8 Å². The molecule has 3 heteroatoms. The Kier molecular flexibility index (Phi) is 7.66. The van der Waals surface area contributed by atoms with Crippen molar-refractivity contribution in [3.63, 3.8) is 0 Å². The second kappa shape index (κ2) is 8.15. The Morgan fingerprint density at radius 1 is 1.00 bits per heavy atom. The maximum atomic E-state index is 6.05. The minimum Gasteiger partial charge on any atom is -0.397 e. The van der Waals surface area contributed by atoms with E-state index in [0.717, 1.165) is 11.4 Å². The van der Waals surface area contributed by atoms with E-state index in [-0.39, 0.29) is 5.54 Å². The Morgan fingerprint density at radius 2 is 1.55 bits per heavy atom. The van der Waals surface area contributed by atoms with Gasteiger partial charge in [0, 0.05) is 17.6 Å². The number of hydrogen-bond donors (Lipinski definition) is 3. The van der Waals surface area contributed by atoms with Crippen molar-refractivity contribution in [3.8, 4) is 0 Å². The molecule has 0 spiro atoms. The van der Waals surface area contributed by atoms with Gasteiger partial charge in [-0.3, -0.25) is 0 Å². The molecule has 2 atom stereocenters. The Balaban J connectivity index is 0.000000829. The molecular weight excluding hydrogens is 246 g/mol. The number of hydrogen-bond acceptors (Lipinski definition) is 3. The van der Waals surface area contributed by atoms with Gasteiger partial charge in [-0.1, -0.05) is 39.8 Å². The van der Waals surface area contributed by atoms with Gasteiger partial charge in [-0.05, 0) is 39.3 Å². The molecule has 1 heterocycles. The van der Waals surface area contributed by atoms with Crippen LogP contribution >= 0.6 is 0 Å². The molecule has 0 aromatic heterocycles. The van der Waals surface area contributed by atoms with Crippen LogP contribution in [-0.2, 0) is 5.54 Å². The highest BCUT2D eigenvalue weighted by molar-refractivity contribution is 5.72. The van der Waals surface area contributed by atoms with E-state index in [4.69, 9.17) is 5.73 Å². The number of nitrogens with two attached hydrogens (primary N) is 1. The Morgan fingerprint density at radius 3 is 2.10 bits per heavy atom.